The van der Waals surface area contributed by atoms with Gasteiger partial charge in [-0.15, -0.1) is 0 Å². The molecule has 0 unspecified atom stereocenters. The van der Waals surface area contributed by atoms with Gasteiger partial charge in [-0.25, -0.2) is 8.42 Å². The fourth-order valence-corrected chi connectivity index (χ4v) is 4.61. The van der Waals surface area contributed by atoms with Gasteiger partial charge in [0.05, 0.1) is 11.5 Å². The normalized spacial score (nSPS) is 11.3. The Bertz CT molecular complexity index is 1080. The van der Waals surface area contributed by atoms with Gasteiger partial charge in [0, 0.05) is 24.8 Å². The van der Waals surface area contributed by atoms with Crippen molar-refractivity contribution in [1.29, 1.82) is 0 Å². The molecule has 0 atom stereocenters. The Hall–Kier alpha value is -3.18. The van der Waals surface area contributed by atoms with Crippen LogP contribution < -0.4 is 14.8 Å². The Morgan fingerprint density at radius 3 is 2.31 bits per heavy atom. The van der Waals surface area contributed by atoms with Gasteiger partial charge in [-0.2, -0.15) is 4.31 Å². The molecule has 0 heterocycles. The first kappa shape index (κ1) is 25.1. The topological polar surface area (TPSA) is 128 Å². The maximum atomic E-state index is 13.0. The fraction of sp³-hybridized carbons (Fsp3) is 0.381. The van der Waals surface area contributed by atoms with Crippen molar-refractivity contribution < 1.29 is 27.6 Å². The lowest BCUT2D eigenvalue weighted by Crippen LogP contribution is -2.31. The predicted octanol–water partition coefficient (Wildman–Crippen LogP) is 3.35. The highest BCUT2D eigenvalue weighted by Crippen LogP contribution is 2.30. The van der Waals surface area contributed by atoms with Crippen LogP contribution in [-0.2, 0) is 14.8 Å². The first-order valence-electron chi connectivity index (χ1n) is 10.1. The summed E-state index contributed by atoms with van der Waals surface area (Å²) in [5, 5.41) is 13.7. The molecule has 2 rings (SSSR count). The van der Waals surface area contributed by atoms with E-state index in [0.29, 0.717) is 5.56 Å². The van der Waals surface area contributed by atoms with Gasteiger partial charge >= 0.3 is 5.69 Å². The summed E-state index contributed by atoms with van der Waals surface area (Å²) in [7, 11) is -3.84. The van der Waals surface area contributed by atoms with Crippen LogP contribution in [0.4, 0.5) is 11.4 Å². The van der Waals surface area contributed by atoms with E-state index in [4.69, 9.17) is 9.47 Å². The fourth-order valence-electron chi connectivity index (χ4n) is 3.00. The van der Waals surface area contributed by atoms with Crippen molar-refractivity contribution in [2.45, 2.75) is 32.6 Å². The Labute approximate surface area is 187 Å². The molecule has 2 aromatic rings. The number of amides is 1. The summed E-state index contributed by atoms with van der Waals surface area (Å²) < 4.78 is 38.1. The van der Waals surface area contributed by atoms with Crippen molar-refractivity contribution >= 4 is 27.3 Å². The van der Waals surface area contributed by atoms with E-state index in [9.17, 15) is 23.3 Å². The number of hydrogen-bond acceptors (Lipinski definition) is 7. The molecule has 174 valence electrons. The molecule has 10 nitrogen and oxygen atoms in total. The molecular weight excluding hydrogens is 438 g/mol. The third kappa shape index (κ3) is 5.95. The van der Waals surface area contributed by atoms with E-state index in [1.807, 2.05) is 0 Å². The number of hydrogen-bond donors (Lipinski definition) is 1. The lowest BCUT2D eigenvalue weighted by atomic mass is 10.2. The van der Waals surface area contributed by atoms with Crippen LogP contribution in [0.15, 0.2) is 41.3 Å². The van der Waals surface area contributed by atoms with E-state index < -0.39 is 27.5 Å². The summed E-state index contributed by atoms with van der Waals surface area (Å²) in [6.45, 7) is 7.26. The maximum absolute atomic E-state index is 13.0. The van der Waals surface area contributed by atoms with E-state index in [1.165, 1.54) is 34.6 Å². The molecule has 0 aliphatic heterocycles. The minimum Gasteiger partial charge on any atom is -0.492 e. The molecule has 0 fully saturated rings. The van der Waals surface area contributed by atoms with Crippen LogP contribution in [0.1, 0.15) is 26.3 Å². The molecule has 0 saturated carbocycles. The molecule has 0 spiro atoms. The first-order valence-corrected chi connectivity index (χ1v) is 11.5. The number of aryl methyl sites for hydroxylation is 1. The number of benzene rings is 2. The van der Waals surface area contributed by atoms with E-state index in [-0.39, 0.29) is 47.5 Å². The Morgan fingerprint density at radius 1 is 1.06 bits per heavy atom. The number of ether oxygens (including phenoxy) is 2. The van der Waals surface area contributed by atoms with Gasteiger partial charge in [0.2, 0.25) is 10.0 Å². The maximum Gasteiger partial charge on any atom is 0.311 e. The summed E-state index contributed by atoms with van der Waals surface area (Å²) in [6.07, 6.45) is 0. The van der Waals surface area contributed by atoms with Gasteiger partial charge in [0.25, 0.3) is 5.91 Å². The average molecular weight is 466 g/mol. The zero-order valence-electron chi connectivity index (χ0n) is 18.5. The molecule has 1 amide bonds. The molecule has 1 N–H and O–H groups in total. The smallest absolute Gasteiger partial charge is 0.311 e. The van der Waals surface area contributed by atoms with Gasteiger partial charge in [-0.3, -0.25) is 14.9 Å². The SMILES string of the molecule is CCOc1ccc(NC(=O)COc2ccc(C)cc2[N+](=O)[O-])cc1S(=O)(=O)N(CC)CC. The van der Waals surface area contributed by atoms with Crippen molar-refractivity contribution in [3.63, 3.8) is 0 Å². The molecule has 0 aromatic heterocycles. The Balaban J connectivity index is 2.23. The minimum absolute atomic E-state index is 0.0350. The zero-order valence-corrected chi connectivity index (χ0v) is 19.3. The highest BCUT2D eigenvalue weighted by atomic mass is 32.2. The van der Waals surface area contributed by atoms with Gasteiger partial charge in [-0.05, 0) is 43.7 Å². The highest BCUT2D eigenvalue weighted by molar-refractivity contribution is 7.89. The van der Waals surface area contributed by atoms with Crippen LogP contribution in [0.2, 0.25) is 0 Å². The summed E-state index contributed by atoms with van der Waals surface area (Å²) >= 11 is 0. The summed E-state index contributed by atoms with van der Waals surface area (Å²) in [5.74, 6) is -0.452. The Morgan fingerprint density at radius 2 is 1.72 bits per heavy atom. The molecule has 2 aromatic carbocycles. The highest BCUT2D eigenvalue weighted by Gasteiger charge is 2.26. The molecule has 32 heavy (non-hydrogen) atoms. The third-order valence-corrected chi connectivity index (χ3v) is 6.59. The Kier molecular flexibility index (Phi) is 8.56. The van der Waals surface area contributed by atoms with Crippen LogP contribution in [0, 0.1) is 17.0 Å². The lowest BCUT2D eigenvalue weighted by Gasteiger charge is -2.21. The number of nitro groups is 1. The van der Waals surface area contributed by atoms with Crippen LogP contribution in [0.3, 0.4) is 0 Å². The molecule has 0 radical (unpaired) electrons. The molecule has 0 aliphatic carbocycles. The zero-order chi connectivity index (χ0) is 23.9. The first-order chi connectivity index (χ1) is 15.1. The van der Waals surface area contributed by atoms with E-state index in [0.717, 1.165) is 0 Å². The van der Waals surface area contributed by atoms with E-state index in [2.05, 4.69) is 5.32 Å². The van der Waals surface area contributed by atoms with Gasteiger partial charge < -0.3 is 14.8 Å². The second kappa shape index (κ2) is 10.9. The molecule has 0 bridgehead atoms. The molecular formula is C21H27N3O7S. The van der Waals surface area contributed by atoms with E-state index in [1.54, 1.807) is 33.8 Å². The molecule has 11 heteroatoms. The number of carbonyl (C=O) groups excluding carboxylic acids is 1. The van der Waals surface area contributed by atoms with Crippen LogP contribution in [0.25, 0.3) is 0 Å². The van der Waals surface area contributed by atoms with Gasteiger partial charge in [0.15, 0.2) is 12.4 Å². The number of nitrogens with one attached hydrogen (secondary N) is 1. The van der Waals surface area contributed by atoms with Gasteiger partial charge in [0.1, 0.15) is 10.6 Å². The second-order valence-corrected chi connectivity index (χ2v) is 8.66. The van der Waals surface area contributed by atoms with Crippen molar-refractivity contribution in [3.8, 4) is 11.5 Å². The summed E-state index contributed by atoms with van der Waals surface area (Å²) in [5.41, 5.74) is 0.669. The number of nitrogens with zero attached hydrogens (tertiary/aromatic N) is 2. The van der Waals surface area contributed by atoms with Crippen molar-refractivity contribution in [1.82, 2.24) is 4.31 Å². The standard InChI is InChI=1S/C21H27N3O7S/c1-5-23(6-2)32(28,29)20-13-16(9-11-19(20)30-7-3)22-21(25)14-31-18-10-8-15(4)12-17(18)24(26)27/h8-13H,5-7,14H2,1-4H3,(H,22,25). The molecule has 0 saturated heterocycles. The molecule has 0 aliphatic rings. The average Bonchev–Trinajstić information content (AvgIpc) is 2.74. The van der Waals surface area contributed by atoms with Crippen LogP contribution >= 0.6 is 0 Å². The number of nitro benzene ring substituents is 1. The minimum atomic E-state index is -3.84. The lowest BCUT2D eigenvalue weighted by molar-refractivity contribution is -0.385. The number of anilines is 1. The number of sulfonamides is 1. The third-order valence-electron chi connectivity index (χ3n) is 4.52. The van der Waals surface area contributed by atoms with Crippen molar-refractivity contribution in [2.75, 3.05) is 31.6 Å². The monoisotopic (exact) mass is 465 g/mol. The number of rotatable bonds is 11. The van der Waals surface area contributed by atoms with Gasteiger partial charge in [-0.1, -0.05) is 19.9 Å². The summed E-state index contributed by atoms with van der Waals surface area (Å²) in [4.78, 5) is 22.9. The number of carbonyl (C=O) groups is 1. The van der Waals surface area contributed by atoms with E-state index >= 15 is 0 Å². The second-order valence-electron chi connectivity index (χ2n) is 6.75. The predicted molar refractivity (Wildman–Crippen MR) is 120 cm³/mol. The largest absolute Gasteiger partial charge is 0.492 e. The van der Waals surface area contributed by atoms with Crippen LogP contribution in [0.5, 0.6) is 11.5 Å². The quantitative estimate of drug-likeness (QED) is 0.398. The van der Waals surface area contributed by atoms with Crippen molar-refractivity contribution in [3.05, 3.63) is 52.1 Å². The summed E-state index contributed by atoms with van der Waals surface area (Å²) in [6, 6.07) is 8.72. The van der Waals surface area contributed by atoms with Crippen LogP contribution in [-0.4, -0.2) is 49.9 Å². The van der Waals surface area contributed by atoms with Crippen molar-refractivity contribution in [2.24, 2.45) is 0 Å².